The normalized spacial score (nSPS) is 17.5. The largest absolute Gasteiger partial charge is 0.382 e. The smallest absolute Gasteiger partial charge is 0.263 e. The predicted molar refractivity (Wildman–Crippen MR) is 123 cm³/mol. The van der Waals surface area contributed by atoms with Crippen LogP contribution in [0.25, 0.3) is 22.2 Å². The van der Waals surface area contributed by atoms with Gasteiger partial charge >= 0.3 is 0 Å². The molecule has 9 nitrogen and oxygen atoms in total. The SMILES string of the molecule is CCC.CCn1cc(-c2cc(N3CCC4(CC3)COC4)n(C)n2)c2[nH]nc(N)c2c1=O. The van der Waals surface area contributed by atoms with E-state index in [0.29, 0.717) is 22.9 Å². The highest BCUT2D eigenvalue weighted by molar-refractivity contribution is 5.97. The second-order valence-electron chi connectivity index (χ2n) is 8.69. The maximum Gasteiger partial charge on any atom is 0.263 e. The molecule has 0 unspecified atom stereocenters. The molecule has 2 aliphatic rings. The highest BCUT2D eigenvalue weighted by Crippen LogP contribution is 2.40. The molecule has 2 saturated heterocycles. The molecule has 1 spiro atoms. The average Bonchev–Trinajstić information content (AvgIpc) is 3.31. The Morgan fingerprint density at radius 3 is 2.48 bits per heavy atom. The molecule has 0 bridgehead atoms. The van der Waals surface area contributed by atoms with E-state index in [1.165, 1.54) is 6.42 Å². The Labute approximate surface area is 182 Å². The Kier molecular flexibility index (Phi) is 5.79. The molecule has 0 aliphatic carbocycles. The van der Waals surface area contributed by atoms with Crippen molar-refractivity contribution in [3.63, 3.8) is 0 Å². The highest BCUT2D eigenvalue weighted by atomic mass is 16.5. The lowest BCUT2D eigenvalue weighted by molar-refractivity contribution is -0.124. The number of nitrogens with one attached hydrogen (secondary N) is 1. The van der Waals surface area contributed by atoms with Crippen LogP contribution < -0.4 is 16.2 Å². The van der Waals surface area contributed by atoms with Gasteiger partial charge in [0.05, 0.1) is 24.4 Å². The van der Waals surface area contributed by atoms with E-state index in [2.05, 4.69) is 35.0 Å². The lowest BCUT2D eigenvalue weighted by Crippen LogP contribution is -2.51. The first-order valence-corrected chi connectivity index (χ1v) is 11.2. The molecule has 3 aromatic heterocycles. The first-order chi connectivity index (χ1) is 14.9. The number of aromatic amines is 1. The number of piperidine rings is 1. The van der Waals surface area contributed by atoms with Gasteiger partial charge in [-0.15, -0.1) is 0 Å². The van der Waals surface area contributed by atoms with E-state index in [0.717, 1.165) is 56.2 Å². The summed E-state index contributed by atoms with van der Waals surface area (Å²) in [5.74, 6) is 1.31. The van der Waals surface area contributed by atoms with E-state index in [4.69, 9.17) is 15.6 Å². The van der Waals surface area contributed by atoms with Crippen molar-refractivity contribution in [3.8, 4) is 11.3 Å². The molecule has 3 aromatic rings. The van der Waals surface area contributed by atoms with Crippen molar-refractivity contribution in [2.45, 2.75) is 46.6 Å². The van der Waals surface area contributed by atoms with E-state index in [1.807, 2.05) is 24.9 Å². The average molecular weight is 428 g/mol. The fourth-order valence-corrected chi connectivity index (χ4v) is 4.39. The molecule has 0 atom stereocenters. The summed E-state index contributed by atoms with van der Waals surface area (Å²) in [6.45, 7) is 10.5. The fraction of sp³-hybridized carbons (Fsp3) is 0.591. The van der Waals surface area contributed by atoms with Gasteiger partial charge in [0.2, 0.25) is 0 Å². The Morgan fingerprint density at radius 1 is 1.23 bits per heavy atom. The molecule has 2 aliphatic heterocycles. The number of aryl methyl sites for hydroxylation is 2. The number of fused-ring (bicyclic) bond motifs is 1. The van der Waals surface area contributed by atoms with E-state index in [1.54, 1.807) is 4.57 Å². The maximum atomic E-state index is 12.6. The summed E-state index contributed by atoms with van der Waals surface area (Å²) in [6.07, 6.45) is 5.39. The Hall–Kier alpha value is -2.81. The molecule has 0 amide bonds. The maximum absolute atomic E-state index is 12.6. The van der Waals surface area contributed by atoms with Gasteiger partial charge in [0, 0.05) is 49.9 Å². The van der Waals surface area contributed by atoms with Crippen LogP contribution in [0.15, 0.2) is 17.1 Å². The first kappa shape index (κ1) is 21.4. The Balaban J connectivity index is 0.000000730. The number of aromatic nitrogens is 5. The molecule has 5 heterocycles. The van der Waals surface area contributed by atoms with Gasteiger partial charge in [0.25, 0.3) is 5.56 Å². The van der Waals surface area contributed by atoms with Gasteiger partial charge < -0.3 is 19.9 Å². The zero-order valence-corrected chi connectivity index (χ0v) is 18.9. The molecular formula is C22H33N7O2. The quantitative estimate of drug-likeness (QED) is 0.666. The van der Waals surface area contributed by atoms with Crippen LogP contribution >= 0.6 is 0 Å². The number of H-pyrrole nitrogens is 1. The topological polar surface area (TPSA) is 107 Å². The van der Waals surface area contributed by atoms with Crippen LogP contribution in [0.5, 0.6) is 0 Å². The number of nitrogen functional groups attached to an aromatic ring is 1. The van der Waals surface area contributed by atoms with Gasteiger partial charge in [-0.1, -0.05) is 20.3 Å². The van der Waals surface area contributed by atoms with Gasteiger partial charge in [0.15, 0.2) is 5.82 Å². The van der Waals surface area contributed by atoms with E-state index >= 15 is 0 Å². The fourth-order valence-electron chi connectivity index (χ4n) is 4.39. The summed E-state index contributed by atoms with van der Waals surface area (Å²) >= 11 is 0. The minimum absolute atomic E-state index is 0.132. The van der Waals surface area contributed by atoms with Gasteiger partial charge in [-0.3, -0.25) is 14.6 Å². The number of hydrogen-bond donors (Lipinski definition) is 2. The summed E-state index contributed by atoms with van der Waals surface area (Å²) in [6, 6.07) is 2.09. The lowest BCUT2D eigenvalue weighted by Gasteiger charge is -2.47. The highest BCUT2D eigenvalue weighted by Gasteiger charge is 2.41. The van der Waals surface area contributed by atoms with Crippen molar-refractivity contribution in [1.29, 1.82) is 0 Å². The summed E-state index contributed by atoms with van der Waals surface area (Å²) in [4.78, 5) is 15.0. The van der Waals surface area contributed by atoms with Gasteiger partial charge in [0.1, 0.15) is 11.2 Å². The van der Waals surface area contributed by atoms with Crippen LogP contribution in [0.1, 0.15) is 40.0 Å². The van der Waals surface area contributed by atoms with Crippen molar-refractivity contribution in [1.82, 2.24) is 24.5 Å². The van der Waals surface area contributed by atoms with Crippen LogP contribution in [0.2, 0.25) is 0 Å². The third-order valence-electron chi connectivity index (χ3n) is 6.26. The van der Waals surface area contributed by atoms with Crippen LogP contribution in [-0.4, -0.2) is 50.8 Å². The summed E-state index contributed by atoms with van der Waals surface area (Å²) in [5.41, 5.74) is 8.49. The molecular weight excluding hydrogens is 394 g/mol. The van der Waals surface area contributed by atoms with Crippen LogP contribution in [0, 0.1) is 5.41 Å². The number of nitrogens with zero attached hydrogens (tertiary/aromatic N) is 5. The van der Waals surface area contributed by atoms with Crippen LogP contribution in [-0.2, 0) is 18.3 Å². The minimum atomic E-state index is -0.132. The third kappa shape index (κ3) is 3.71. The second-order valence-corrected chi connectivity index (χ2v) is 8.69. The Bertz CT molecular complexity index is 1110. The molecule has 0 saturated carbocycles. The van der Waals surface area contributed by atoms with Crippen molar-refractivity contribution < 1.29 is 4.74 Å². The van der Waals surface area contributed by atoms with E-state index in [9.17, 15) is 4.79 Å². The molecule has 3 N–H and O–H groups in total. The summed E-state index contributed by atoms with van der Waals surface area (Å²) in [7, 11) is 1.96. The van der Waals surface area contributed by atoms with Crippen molar-refractivity contribution in [3.05, 3.63) is 22.6 Å². The van der Waals surface area contributed by atoms with Crippen LogP contribution in [0.4, 0.5) is 11.6 Å². The minimum Gasteiger partial charge on any atom is -0.382 e. The Morgan fingerprint density at radius 2 is 1.90 bits per heavy atom. The molecule has 31 heavy (non-hydrogen) atoms. The molecule has 168 valence electrons. The molecule has 0 aromatic carbocycles. The first-order valence-electron chi connectivity index (χ1n) is 11.2. The number of pyridine rings is 1. The van der Waals surface area contributed by atoms with Crippen molar-refractivity contribution in [2.75, 3.05) is 36.9 Å². The van der Waals surface area contributed by atoms with Crippen LogP contribution in [0.3, 0.4) is 0 Å². The summed E-state index contributed by atoms with van der Waals surface area (Å²) in [5, 5.41) is 12.1. The second kappa shape index (κ2) is 8.37. The molecule has 9 heteroatoms. The zero-order chi connectivity index (χ0) is 22.2. The number of anilines is 2. The molecule has 2 fully saturated rings. The van der Waals surface area contributed by atoms with E-state index < -0.39 is 0 Å². The molecule has 5 rings (SSSR count). The predicted octanol–water partition coefficient (Wildman–Crippen LogP) is 2.76. The lowest BCUT2D eigenvalue weighted by atomic mass is 9.77. The number of hydrogen-bond acceptors (Lipinski definition) is 6. The monoisotopic (exact) mass is 427 g/mol. The number of ether oxygens (including phenoxy) is 1. The number of nitrogens with two attached hydrogens (primary N) is 1. The standard InChI is InChI=1S/C19H25N7O2.C3H8/c1-3-25-9-12(16-15(18(25)27)17(20)22-21-16)13-8-14(24(2)23-13)26-6-4-19(5-7-26)10-28-11-19;1-3-2/h8-9H,3-7,10-11H2,1-2H3,(H3,20,21,22);3H2,1-2H3. The summed E-state index contributed by atoms with van der Waals surface area (Å²) < 4.78 is 9.00. The number of rotatable bonds is 3. The van der Waals surface area contributed by atoms with Gasteiger partial charge in [-0.2, -0.15) is 10.2 Å². The molecule has 0 radical (unpaired) electrons. The van der Waals surface area contributed by atoms with Gasteiger partial charge in [-0.25, -0.2) is 0 Å². The van der Waals surface area contributed by atoms with Crippen molar-refractivity contribution in [2.24, 2.45) is 12.5 Å². The zero-order valence-electron chi connectivity index (χ0n) is 18.9. The van der Waals surface area contributed by atoms with E-state index in [-0.39, 0.29) is 11.4 Å². The third-order valence-corrected chi connectivity index (χ3v) is 6.26. The van der Waals surface area contributed by atoms with Gasteiger partial charge in [-0.05, 0) is 19.8 Å². The van der Waals surface area contributed by atoms with Crippen molar-refractivity contribution >= 4 is 22.5 Å².